The Bertz CT molecular complexity index is 1300. The fourth-order valence-corrected chi connectivity index (χ4v) is 3.23. The van der Waals surface area contributed by atoms with Gasteiger partial charge in [-0.2, -0.15) is 14.7 Å². The zero-order chi connectivity index (χ0) is 20.1. The molecular weight excluding hydrogens is 374 g/mol. The van der Waals surface area contributed by atoms with Crippen molar-refractivity contribution in [1.82, 2.24) is 39.2 Å². The third kappa shape index (κ3) is 3.13. The van der Waals surface area contributed by atoms with Gasteiger partial charge in [-0.25, -0.2) is 9.20 Å². The molecule has 0 aromatic carbocycles. The van der Waals surface area contributed by atoms with Crippen molar-refractivity contribution >= 4 is 22.9 Å². The van der Waals surface area contributed by atoms with E-state index in [1.54, 1.807) is 16.6 Å². The van der Waals surface area contributed by atoms with Gasteiger partial charge < -0.3 is 5.32 Å². The highest BCUT2D eigenvalue weighted by Crippen LogP contribution is 2.39. The van der Waals surface area contributed by atoms with Gasteiger partial charge in [-0.05, 0) is 31.0 Å². The number of rotatable bonds is 5. The summed E-state index contributed by atoms with van der Waals surface area (Å²) in [5, 5.41) is 23.5. The van der Waals surface area contributed by atoms with Crippen LogP contribution in [-0.4, -0.2) is 45.1 Å². The highest BCUT2D eigenvalue weighted by molar-refractivity contribution is 5.89. The largest absolute Gasteiger partial charge is 0.308 e. The maximum absolute atomic E-state index is 12.9. The Balaban J connectivity index is 1.46. The quantitative estimate of drug-likeness (QED) is 0.535. The van der Waals surface area contributed by atoms with Crippen LogP contribution in [0.5, 0.6) is 0 Å². The van der Waals surface area contributed by atoms with E-state index in [2.05, 4.69) is 30.8 Å². The summed E-state index contributed by atoms with van der Waals surface area (Å²) in [4.78, 5) is 25.4. The zero-order valence-corrected chi connectivity index (χ0v) is 16.0. The second-order valence-corrected chi connectivity index (χ2v) is 7.52. The van der Waals surface area contributed by atoms with Crippen molar-refractivity contribution < 1.29 is 4.79 Å². The molecule has 0 unspecified atom stereocenters. The molecule has 11 heteroatoms. The summed E-state index contributed by atoms with van der Waals surface area (Å²) in [5.41, 5.74) is 1.59. The second-order valence-electron chi connectivity index (χ2n) is 7.52. The Labute approximate surface area is 164 Å². The molecule has 1 aliphatic carbocycles. The highest BCUT2D eigenvalue weighted by Gasteiger charge is 2.28. The van der Waals surface area contributed by atoms with Crippen LogP contribution in [0.3, 0.4) is 0 Å². The highest BCUT2D eigenvalue weighted by atomic mass is 16.2. The molecular formula is C18H19N9O2. The Morgan fingerprint density at radius 2 is 2.07 bits per heavy atom. The Morgan fingerprint density at radius 3 is 2.83 bits per heavy atom. The van der Waals surface area contributed by atoms with E-state index in [0.29, 0.717) is 28.7 Å². The first-order valence-electron chi connectivity index (χ1n) is 9.47. The third-order valence-electron chi connectivity index (χ3n) is 4.86. The number of amides is 1. The summed E-state index contributed by atoms with van der Waals surface area (Å²) in [5.74, 6) is 1.03. The van der Waals surface area contributed by atoms with Crippen molar-refractivity contribution in [3.8, 4) is 0 Å². The second kappa shape index (κ2) is 6.47. The van der Waals surface area contributed by atoms with Gasteiger partial charge in [0.2, 0.25) is 5.91 Å². The lowest BCUT2D eigenvalue weighted by Crippen LogP contribution is -2.32. The van der Waals surface area contributed by atoms with E-state index >= 15 is 0 Å². The maximum Gasteiger partial charge on any atom is 0.293 e. The molecule has 0 saturated heterocycles. The number of nitrogens with one attached hydrogen (secondary N) is 1. The van der Waals surface area contributed by atoms with E-state index in [1.165, 1.54) is 15.5 Å². The van der Waals surface area contributed by atoms with Crippen molar-refractivity contribution in [1.29, 1.82) is 0 Å². The topological polar surface area (TPSA) is 124 Å². The molecule has 1 aliphatic rings. The standard InChI is InChI=1S/C18H19N9O2/c1-10(2)17-24-25(18(29)13-7-12(11-3-4-11)22-27(13)17)8-16(28)20-14-5-6-15-21-19-9-26(15)23-14/h5-7,9-11H,3-4,8H2,1-2H3,(H,20,23,28). The van der Waals surface area contributed by atoms with E-state index in [0.717, 1.165) is 18.5 Å². The van der Waals surface area contributed by atoms with E-state index < -0.39 is 5.91 Å². The smallest absolute Gasteiger partial charge is 0.293 e. The number of carbonyl (C=O) groups is 1. The molecule has 4 aromatic heterocycles. The van der Waals surface area contributed by atoms with Gasteiger partial charge in [-0.1, -0.05) is 13.8 Å². The van der Waals surface area contributed by atoms with Gasteiger partial charge >= 0.3 is 0 Å². The lowest BCUT2D eigenvalue weighted by molar-refractivity contribution is -0.117. The molecule has 148 valence electrons. The van der Waals surface area contributed by atoms with Crippen molar-refractivity contribution in [3.63, 3.8) is 0 Å². The van der Waals surface area contributed by atoms with Crippen molar-refractivity contribution in [2.75, 3.05) is 5.32 Å². The van der Waals surface area contributed by atoms with Crippen LogP contribution in [0.15, 0.2) is 29.3 Å². The first-order valence-corrected chi connectivity index (χ1v) is 9.47. The fourth-order valence-electron chi connectivity index (χ4n) is 3.23. The number of carbonyl (C=O) groups excluding carboxylic acids is 1. The van der Waals surface area contributed by atoms with Gasteiger partial charge in [0.15, 0.2) is 17.3 Å². The van der Waals surface area contributed by atoms with Crippen LogP contribution >= 0.6 is 0 Å². The molecule has 1 fully saturated rings. The van der Waals surface area contributed by atoms with Gasteiger partial charge in [-0.15, -0.1) is 15.3 Å². The number of anilines is 1. The van der Waals surface area contributed by atoms with E-state index in [-0.39, 0.29) is 18.0 Å². The minimum absolute atomic E-state index is 0.0391. The lowest BCUT2D eigenvalue weighted by Gasteiger charge is -2.11. The molecule has 1 saturated carbocycles. The lowest BCUT2D eigenvalue weighted by atomic mass is 10.2. The van der Waals surface area contributed by atoms with Gasteiger partial charge in [0.25, 0.3) is 5.56 Å². The molecule has 0 bridgehead atoms. The monoisotopic (exact) mass is 393 g/mol. The van der Waals surface area contributed by atoms with Crippen molar-refractivity contribution in [2.24, 2.45) is 0 Å². The molecule has 4 heterocycles. The number of fused-ring (bicyclic) bond motifs is 2. The number of aromatic nitrogens is 8. The van der Waals surface area contributed by atoms with Gasteiger partial charge in [0.05, 0.1) is 5.69 Å². The summed E-state index contributed by atoms with van der Waals surface area (Å²) in [6.45, 7) is 3.74. The van der Waals surface area contributed by atoms with Crippen molar-refractivity contribution in [2.45, 2.75) is 45.1 Å². The molecule has 1 N–H and O–H groups in total. The van der Waals surface area contributed by atoms with Crippen LogP contribution in [0.4, 0.5) is 5.82 Å². The minimum Gasteiger partial charge on any atom is -0.308 e. The number of nitrogens with zero attached hydrogens (tertiary/aromatic N) is 8. The zero-order valence-electron chi connectivity index (χ0n) is 16.0. The van der Waals surface area contributed by atoms with Gasteiger partial charge in [-0.3, -0.25) is 9.59 Å². The number of hydrogen-bond acceptors (Lipinski definition) is 7. The van der Waals surface area contributed by atoms with Crippen LogP contribution < -0.4 is 10.9 Å². The van der Waals surface area contributed by atoms with Crippen LogP contribution in [0, 0.1) is 0 Å². The molecule has 0 radical (unpaired) electrons. The van der Waals surface area contributed by atoms with Crippen LogP contribution in [0.25, 0.3) is 11.2 Å². The molecule has 29 heavy (non-hydrogen) atoms. The van der Waals surface area contributed by atoms with Crippen LogP contribution in [0.2, 0.25) is 0 Å². The van der Waals surface area contributed by atoms with Crippen molar-refractivity contribution in [3.05, 3.63) is 46.4 Å². The van der Waals surface area contributed by atoms with Crippen LogP contribution in [-0.2, 0) is 11.3 Å². The molecule has 1 amide bonds. The molecule has 0 aliphatic heterocycles. The average molecular weight is 393 g/mol. The Morgan fingerprint density at radius 1 is 1.24 bits per heavy atom. The predicted octanol–water partition coefficient (Wildman–Crippen LogP) is 0.968. The minimum atomic E-state index is -0.402. The first kappa shape index (κ1) is 17.5. The molecule has 0 atom stereocenters. The summed E-state index contributed by atoms with van der Waals surface area (Å²) in [6, 6.07) is 5.14. The molecule has 11 nitrogen and oxygen atoms in total. The maximum atomic E-state index is 12.9. The summed E-state index contributed by atoms with van der Waals surface area (Å²) < 4.78 is 4.26. The normalized spacial score (nSPS) is 14.2. The van der Waals surface area contributed by atoms with Gasteiger partial charge in [0, 0.05) is 11.8 Å². The predicted molar refractivity (Wildman–Crippen MR) is 103 cm³/mol. The first-order chi connectivity index (χ1) is 14.0. The number of hydrogen-bond donors (Lipinski definition) is 1. The van der Waals surface area contributed by atoms with Gasteiger partial charge in [0.1, 0.15) is 18.4 Å². The molecule has 5 rings (SSSR count). The Hall–Kier alpha value is -3.63. The summed E-state index contributed by atoms with van der Waals surface area (Å²) >= 11 is 0. The summed E-state index contributed by atoms with van der Waals surface area (Å²) in [7, 11) is 0. The van der Waals surface area contributed by atoms with E-state index in [4.69, 9.17) is 0 Å². The van der Waals surface area contributed by atoms with E-state index in [9.17, 15) is 9.59 Å². The SMILES string of the molecule is CC(C)c1nn(CC(=O)Nc2ccc3nncn3n2)c(=O)c2cc(C3CC3)nn12. The molecule has 4 aromatic rings. The summed E-state index contributed by atoms with van der Waals surface area (Å²) in [6.07, 6.45) is 3.63. The Kier molecular flexibility index (Phi) is 3.89. The fraction of sp³-hybridized carbons (Fsp3) is 0.389. The third-order valence-corrected chi connectivity index (χ3v) is 4.86. The molecule has 0 spiro atoms. The average Bonchev–Trinajstić information content (AvgIpc) is 3.26. The van der Waals surface area contributed by atoms with E-state index in [1.807, 2.05) is 19.9 Å². The van der Waals surface area contributed by atoms with Crippen LogP contribution in [0.1, 0.15) is 50.0 Å².